The SMILES string of the molecule is Cc1ccc(CN2CCc3[nH]nc(C(=O)N(C)C)c3C2)s1.O=C(O)C(F)(F)F.O=C(O)C(F)(F)F. The number of aromatic amines is 1. The van der Waals surface area contributed by atoms with Crippen molar-refractivity contribution in [2.24, 2.45) is 0 Å². The quantitative estimate of drug-likeness (QED) is 0.518. The fraction of sp³-hybridized carbons (Fsp3) is 0.474. The molecule has 0 atom stereocenters. The maximum atomic E-state index is 12.2. The lowest BCUT2D eigenvalue weighted by molar-refractivity contribution is -0.193. The summed E-state index contributed by atoms with van der Waals surface area (Å²) in [4.78, 5) is 36.6. The van der Waals surface area contributed by atoms with E-state index in [0.717, 1.165) is 37.3 Å². The summed E-state index contributed by atoms with van der Waals surface area (Å²) in [6.07, 6.45) is -9.24. The molecule has 0 spiro atoms. The van der Waals surface area contributed by atoms with Crippen LogP contribution in [0.4, 0.5) is 26.3 Å². The molecule has 3 N–H and O–H groups in total. The number of aliphatic carboxylic acids is 2. The van der Waals surface area contributed by atoms with Crippen LogP contribution in [0.1, 0.15) is 31.5 Å². The molecule has 196 valence electrons. The van der Waals surface area contributed by atoms with Gasteiger partial charge in [0.2, 0.25) is 0 Å². The smallest absolute Gasteiger partial charge is 0.475 e. The Morgan fingerprint density at radius 2 is 1.60 bits per heavy atom. The molecule has 2 aromatic heterocycles. The number of carboxylic acids is 2. The number of amides is 1. The molecule has 0 radical (unpaired) electrons. The van der Waals surface area contributed by atoms with Crippen molar-refractivity contribution in [1.82, 2.24) is 20.0 Å². The van der Waals surface area contributed by atoms with Crippen LogP contribution in [0.25, 0.3) is 0 Å². The van der Waals surface area contributed by atoms with Crippen LogP contribution in [-0.2, 0) is 29.1 Å². The van der Waals surface area contributed by atoms with Crippen LogP contribution in [0, 0.1) is 6.92 Å². The zero-order chi connectivity index (χ0) is 27.1. The van der Waals surface area contributed by atoms with E-state index in [4.69, 9.17) is 19.8 Å². The number of thiophene rings is 1. The van der Waals surface area contributed by atoms with Crippen molar-refractivity contribution in [3.05, 3.63) is 38.8 Å². The lowest BCUT2D eigenvalue weighted by Crippen LogP contribution is -2.31. The number of halogens is 6. The van der Waals surface area contributed by atoms with Gasteiger partial charge in [-0.15, -0.1) is 11.3 Å². The summed E-state index contributed by atoms with van der Waals surface area (Å²) in [5.41, 5.74) is 2.74. The highest BCUT2D eigenvalue weighted by Gasteiger charge is 2.38. The van der Waals surface area contributed by atoms with E-state index in [-0.39, 0.29) is 5.91 Å². The van der Waals surface area contributed by atoms with E-state index in [1.807, 2.05) is 11.3 Å². The Morgan fingerprint density at radius 3 is 2.00 bits per heavy atom. The van der Waals surface area contributed by atoms with Gasteiger partial charge in [0, 0.05) is 61.2 Å². The van der Waals surface area contributed by atoms with Gasteiger partial charge >= 0.3 is 24.3 Å². The maximum absolute atomic E-state index is 12.2. The van der Waals surface area contributed by atoms with Gasteiger partial charge in [-0.25, -0.2) is 9.59 Å². The van der Waals surface area contributed by atoms with Gasteiger partial charge in [-0.1, -0.05) is 0 Å². The van der Waals surface area contributed by atoms with Crippen LogP contribution in [0.15, 0.2) is 12.1 Å². The molecular formula is C19H22F6N4O5S. The Bertz CT molecular complexity index is 1010. The average Bonchev–Trinajstić information content (AvgIpc) is 3.32. The van der Waals surface area contributed by atoms with E-state index in [1.165, 1.54) is 9.75 Å². The van der Waals surface area contributed by atoms with Gasteiger partial charge in [0.15, 0.2) is 5.69 Å². The molecular weight excluding hydrogens is 510 g/mol. The number of carbonyl (C=O) groups excluding carboxylic acids is 1. The normalized spacial score (nSPS) is 13.5. The molecule has 0 bridgehead atoms. The molecule has 9 nitrogen and oxygen atoms in total. The van der Waals surface area contributed by atoms with Gasteiger partial charge in [0.1, 0.15) is 0 Å². The number of carboxylic acid groups (broad SMARTS) is 2. The average molecular weight is 532 g/mol. The highest BCUT2D eigenvalue weighted by Crippen LogP contribution is 2.24. The summed E-state index contributed by atoms with van der Waals surface area (Å²) in [5.74, 6) is -5.54. The second kappa shape index (κ2) is 12.0. The van der Waals surface area contributed by atoms with E-state index in [9.17, 15) is 31.1 Å². The molecule has 0 fully saturated rings. The molecule has 0 aromatic carbocycles. The second-order valence-corrected chi connectivity index (χ2v) is 8.68. The summed E-state index contributed by atoms with van der Waals surface area (Å²) >= 11 is 1.84. The Morgan fingerprint density at radius 1 is 1.09 bits per heavy atom. The Hall–Kier alpha value is -3.14. The topological polar surface area (TPSA) is 127 Å². The van der Waals surface area contributed by atoms with E-state index >= 15 is 0 Å². The van der Waals surface area contributed by atoms with Crippen molar-refractivity contribution in [3.8, 4) is 0 Å². The number of hydrogen-bond donors (Lipinski definition) is 3. The van der Waals surface area contributed by atoms with Crippen LogP contribution in [-0.4, -0.2) is 81.0 Å². The number of aryl methyl sites for hydroxylation is 1. The molecule has 35 heavy (non-hydrogen) atoms. The number of hydrogen-bond acceptors (Lipinski definition) is 6. The van der Waals surface area contributed by atoms with Crippen molar-refractivity contribution in [1.29, 1.82) is 0 Å². The van der Waals surface area contributed by atoms with Gasteiger partial charge < -0.3 is 15.1 Å². The zero-order valence-corrected chi connectivity index (χ0v) is 19.4. The first-order chi connectivity index (χ1) is 15.9. The third-order valence-electron chi connectivity index (χ3n) is 4.28. The van der Waals surface area contributed by atoms with Gasteiger partial charge in [0.05, 0.1) is 0 Å². The number of nitrogens with zero attached hydrogens (tertiary/aromatic N) is 3. The van der Waals surface area contributed by atoms with Crippen molar-refractivity contribution < 1.29 is 50.9 Å². The minimum Gasteiger partial charge on any atom is -0.475 e. The van der Waals surface area contributed by atoms with Crippen LogP contribution in [0.2, 0.25) is 0 Å². The molecule has 1 aliphatic rings. The first-order valence-corrected chi connectivity index (χ1v) is 10.4. The molecule has 0 saturated carbocycles. The van der Waals surface area contributed by atoms with Crippen molar-refractivity contribution in [3.63, 3.8) is 0 Å². The molecule has 3 rings (SSSR count). The lowest BCUT2D eigenvalue weighted by atomic mass is 10.0. The van der Waals surface area contributed by atoms with E-state index in [1.54, 1.807) is 19.0 Å². The third-order valence-corrected chi connectivity index (χ3v) is 5.27. The lowest BCUT2D eigenvalue weighted by Gasteiger charge is -2.26. The highest BCUT2D eigenvalue weighted by atomic mass is 32.1. The van der Waals surface area contributed by atoms with Crippen LogP contribution in [0.3, 0.4) is 0 Å². The van der Waals surface area contributed by atoms with E-state index in [0.29, 0.717) is 5.69 Å². The predicted octanol–water partition coefficient (Wildman–Crippen LogP) is 3.31. The molecule has 1 amide bonds. The second-order valence-electron chi connectivity index (χ2n) is 7.31. The minimum absolute atomic E-state index is 0.0266. The summed E-state index contributed by atoms with van der Waals surface area (Å²) in [7, 11) is 3.52. The molecule has 3 heterocycles. The number of alkyl halides is 6. The molecule has 16 heteroatoms. The van der Waals surface area contributed by atoms with E-state index in [2.05, 4.69) is 34.2 Å². The first-order valence-electron chi connectivity index (χ1n) is 9.59. The third kappa shape index (κ3) is 9.56. The number of aromatic nitrogens is 2. The maximum Gasteiger partial charge on any atom is 0.490 e. The zero-order valence-electron chi connectivity index (χ0n) is 18.6. The van der Waals surface area contributed by atoms with Gasteiger partial charge in [0.25, 0.3) is 5.91 Å². The Balaban J connectivity index is 0.000000362. The van der Waals surface area contributed by atoms with Gasteiger partial charge in [-0.3, -0.25) is 14.8 Å². The predicted molar refractivity (Wildman–Crippen MR) is 111 cm³/mol. The fourth-order valence-electron chi connectivity index (χ4n) is 2.67. The monoisotopic (exact) mass is 532 g/mol. The fourth-order valence-corrected chi connectivity index (χ4v) is 3.60. The minimum atomic E-state index is -5.08. The van der Waals surface area contributed by atoms with Gasteiger partial charge in [-0.2, -0.15) is 31.4 Å². The largest absolute Gasteiger partial charge is 0.490 e. The molecule has 1 aliphatic heterocycles. The Labute approximate surface area is 198 Å². The Kier molecular flexibility index (Phi) is 10.3. The van der Waals surface area contributed by atoms with Crippen molar-refractivity contribution >= 4 is 29.2 Å². The number of fused-ring (bicyclic) bond motifs is 1. The summed E-state index contributed by atoms with van der Waals surface area (Å²) < 4.78 is 63.5. The number of H-pyrrole nitrogens is 1. The standard InChI is InChI=1S/C15H20N4OS.2C2HF3O2/c1-10-4-5-11(21-10)8-19-7-6-13-12(9-19)14(17-16-13)15(20)18(2)3;2*3-2(4,5)1(6)7/h4-5H,6-9H2,1-3H3,(H,16,17);2*(H,6,7). The van der Waals surface area contributed by atoms with Crippen molar-refractivity contribution in [2.75, 3.05) is 20.6 Å². The van der Waals surface area contributed by atoms with E-state index < -0.39 is 24.3 Å². The number of nitrogens with one attached hydrogen (secondary N) is 1. The van der Waals surface area contributed by atoms with Crippen molar-refractivity contribution in [2.45, 2.75) is 38.8 Å². The summed E-state index contributed by atoms with van der Waals surface area (Å²) in [6, 6.07) is 4.35. The number of carbonyl (C=O) groups is 3. The first kappa shape index (κ1) is 29.9. The number of rotatable bonds is 3. The highest BCUT2D eigenvalue weighted by molar-refractivity contribution is 7.11. The van der Waals surface area contributed by atoms with Crippen LogP contribution in [0.5, 0.6) is 0 Å². The summed E-state index contributed by atoms with van der Waals surface area (Å²) in [6.45, 7) is 4.87. The molecule has 0 aliphatic carbocycles. The summed E-state index contributed by atoms with van der Waals surface area (Å²) in [5, 5.41) is 21.5. The molecule has 2 aromatic rings. The van der Waals surface area contributed by atoms with Crippen LogP contribution >= 0.6 is 11.3 Å². The van der Waals surface area contributed by atoms with Crippen LogP contribution < -0.4 is 0 Å². The van der Waals surface area contributed by atoms with Gasteiger partial charge in [-0.05, 0) is 19.1 Å². The molecule has 0 saturated heterocycles. The molecule has 0 unspecified atom stereocenters.